The highest BCUT2D eigenvalue weighted by atomic mass is 19.1. The Labute approximate surface area is 160 Å². The zero-order valence-corrected chi connectivity index (χ0v) is 16.0. The first kappa shape index (κ1) is 20.2. The fourth-order valence-electron chi connectivity index (χ4n) is 3.70. The van der Waals surface area contributed by atoms with E-state index in [1.54, 1.807) is 7.11 Å². The van der Waals surface area contributed by atoms with Gasteiger partial charge < -0.3 is 19.7 Å². The first-order valence-electron chi connectivity index (χ1n) is 9.78. The number of hydrogen-bond donors (Lipinski definition) is 1. The van der Waals surface area contributed by atoms with Gasteiger partial charge in [0.2, 0.25) is 0 Å². The molecule has 6 nitrogen and oxygen atoms in total. The molecule has 1 aromatic carbocycles. The summed E-state index contributed by atoms with van der Waals surface area (Å²) < 4.78 is 23.9. The summed E-state index contributed by atoms with van der Waals surface area (Å²) in [4.78, 5) is 16.8. The van der Waals surface area contributed by atoms with Crippen molar-refractivity contribution in [2.24, 2.45) is 0 Å². The Morgan fingerprint density at radius 2 is 2.04 bits per heavy atom. The molecular weight excluding hydrogens is 349 g/mol. The van der Waals surface area contributed by atoms with Gasteiger partial charge in [0.05, 0.1) is 6.61 Å². The minimum absolute atomic E-state index is 0.0983. The Kier molecular flexibility index (Phi) is 7.58. The molecule has 1 amide bonds. The lowest BCUT2D eigenvalue weighted by Crippen LogP contribution is -2.52. The van der Waals surface area contributed by atoms with Crippen molar-refractivity contribution in [3.05, 3.63) is 35.6 Å². The van der Waals surface area contributed by atoms with Crippen LogP contribution in [0.4, 0.5) is 4.39 Å². The second-order valence-corrected chi connectivity index (χ2v) is 7.18. The van der Waals surface area contributed by atoms with Gasteiger partial charge in [-0.05, 0) is 30.5 Å². The summed E-state index contributed by atoms with van der Waals surface area (Å²) in [5.41, 5.74) is 1.06. The molecule has 0 radical (unpaired) electrons. The summed E-state index contributed by atoms with van der Waals surface area (Å²) in [6, 6.07) is 6.76. The van der Waals surface area contributed by atoms with Crippen LogP contribution in [0.3, 0.4) is 0 Å². The van der Waals surface area contributed by atoms with E-state index in [9.17, 15) is 9.18 Å². The fraction of sp³-hybridized carbons (Fsp3) is 0.650. The van der Waals surface area contributed by atoms with Crippen LogP contribution in [0.5, 0.6) is 0 Å². The molecule has 150 valence electrons. The van der Waals surface area contributed by atoms with E-state index < -0.39 is 0 Å². The van der Waals surface area contributed by atoms with Gasteiger partial charge in [0, 0.05) is 59.0 Å². The molecule has 1 aromatic rings. The van der Waals surface area contributed by atoms with Gasteiger partial charge in [-0.25, -0.2) is 4.39 Å². The van der Waals surface area contributed by atoms with Crippen molar-refractivity contribution in [2.45, 2.75) is 25.0 Å². The van der Waals surface area contributed by atoms with Crippen molar-refractivity contribution in [2.75, 3.05) is 59.6 Å². The van der Waals surface area contributed by atoms with Crippen LogP contribution in [0, 0.1) is 5.82 Å². The average Bonchev–Trinajstić information content (AvgIpc) is 3.23. The van der Waals surface area contributed by atoms with Crippen molar-refractivity contribution in [1.82, 2.24) is 15.1 Å². The Hall–Kier alpha value is -1.54. The molecule has 2 heterocycles. The van der Waals surface area contributed by atoms with E-state index in [0.717, 1.165) is 57.7 Å². The average molecular weight is 379 g/mol. The summed E-state index contributed by atoms with van der Waals surface area (Å²) in [5, 5.41) is 3.49. The van der Waals surface area contributed by atoms with Gasteiger partial charge in [0.1, 0.15) is 11.9 Å². The number of carbonyl (C=O) groups excluding carboxylic acids is 1. The largest absolute Gasteiger partial charge is 0.383 e. The minimum Gasteiger partial charge on any atom is -0.383 e. The number of halogens is 1. The molecule has 7 heteroatoms. The number of methoxy groups -OCH3 is 1. The summed E-state index contributed by atoms with van der Waals surface area (Å²) in [6.45, 7) is 6.00. The first-order chi connectivity index (χ1) is 13.2. The Balaban J connectivity index is 1.53. The minimum atomic E-state index is -0.237. The van der Waals surface area contributed by atoms with Gasteiger partial charge in [0.15, 0.2) is 0 Å². The maximum atomic E-state index is 13.3. The number of piperazine rings is 1. The fourth-order valence-corrected chi connectivity index (χ4v) is 3.70. The maximum absolute atomic E-state index is 13.3. The molecular formula is C20H30FN3O3. The number of rotatable bonds is 8. The van der Waals surface area contributed by atoms with Crippen molar-refractivity contribution < 1.29 is 18.7 Å². The quantitative estimate of drug-likeness (QED) is 0.693. The van der Waals surface area contributed by atoms with Crippen LogP contribution < -0.4 is 5.32 Å². The van der Waals surface area contributed by atoms with Gasteiger partial charge in [-0.2, -0.15) is 0 Å². The van der Waals surface area contributed by atoms with E-state index in [4.69, 9.17) is 9.47 Å². The zero-order chi connectivity index (χ0) is 19.1. The molecule has 0 spiro atoms. The van der Waals surface area contributed by atoms with Crippen LogP contribution in [0.25, 0.3) is 0 Å². The topological polar surface area (TPSA) is 54.0 Å². The first-order valence-corrected chi connectivity index (χ1v) is 9.78. The van der Waals surface area contributed by atoms with Crippen molar-refractivity contribution in [1.29, 1.82) is 0 Å². The molecule has 0 bridgehead atoms. The van der Waals surface area contributed by atoms with E-state index in [1.165, 1.54) is 12.1 Å². The van der Waals surface area contributed by atoms with Crippen LogP contribution in [0.1, 0.15) is 24.4 Å². The van der Waals surface area contributed by atoms with Crippen LogP contribution in [0.2, 0.25) is 0 Å². The molecule has 2 aliphatic heterocycles. The van der Waals surface area contributed by atoms with Gasteiger partial charge in [-0.1, -0.05) is 12.1 Å². The number of hydrogen-bond acceptors (Lipinski definition) is 5. The van der Waals surface area contributed by atoms with Crippen LogP contribution in [-0.2, 0) is 14.3 Å². The standard InChI is InChI=1S/C20H30FN3O3/c1-26-14-8-22-18(16-4-6-17(21)7-5-16)15-23-9-11-24(12-10-23)20(25)19-3-2-13-27-19/h4-7,18-19,22H,2-3,8-15H2,1H3. The second-order valence-electron chi connectivity index (χ2n) is 7.18. The van der Waals surface area contributed by atoms with Crippen molar-refractivity contribution in [3.8, 4) is 0 Å². The number of amides is 1. The summed E-state index contributed by atoms with van der Waals surface area (Å²) in [5.74, 6) is -0.0869. The van der Waals surface area contributed by atoms with Gasteiger partial charge in [0.25, 0.3) is 5.91 Å². The Bertz CT molecular complexity index is 585. The third-order valence-corrected chi connectivity index (χ3v) is 5.30. The van der Waals surface area contributed by atoms with Crippen LogP contribution >= 0.6 is 0 Å². The Morgan fingerprint density at radius 3 is 2.67 bits per heavy atom. The predicted octanol–water partition coefficient (Wildman–Crippen LogP) is 1.43. The molecule has 1 N–H and O–H groups in total. The SMILES string of the molecule is COCCNC(CN1CCN(C(=O)C2CCCO2)CC1)c1ccc(F)cc1. The molecule has 27 heavy (non-hydrogen) atoms. The summed E-state index contributed by atoms with van der Waals surface area (Å²) in [6.07, 6.45) is 1.58. The highest BCUT2D eigenvalue weighted by Crippen LogP contribution is 2.19. The van der Waals surface area contributed by atoms with Gasteiger partial charge in [-0.3, -0.25) is 9.69 Å². The highest BCUT2D eigenvalue weighted by molar-refractivity contribution is 5.81. The number of nitrogens with zero attached hydrogens (tertiary/aromatic N) is 2. The number of carbonyl (C=O) groups is 1. The smallest absolute Gasteiger partial charge is 0.251 e. The predicted molar refractivity (Wildman–Crippen MR) is 101 cm³/mol. The van der Waals surface area contributed by atoms with E-state index in [2.05, 4.69) is 10.2 Å². The van der Waals surface area contributed by atoms with Crippen molar-refractivity contribution >= 4 is 5.91 Å². The lowest BCUT2D eigenvalue weighted by molar-refractivity contribution is -0.142. The molecule has 2 saturated heterocycles. The number of ether oxygens (including phenoxy) is 2. The molecule has 2 fully saturated rings. The van der Waals surface area contributed by atoms with E-state index in [-0.39, 0.29) is 23.9 Å². The van der Waals surface area contributed by atoms with Gasteiger partial charge >= 0.3 is 0 Å². The van der Waals surface area contributed by atoms with Crippen molar-refractivity contribution in [3.63, 3.8) is 0 Å². The number of nitrogens with one attached hydrogen (secondary N) is 1. The molecule has 2 atom stereocenters. The van der Waals surface area contributed by atoms with Crippen LogP contribution in [0.15, 0.2) is 24.3 Å². The lowest BCUT2D eigenvalue weighted by Gasteiger charge is -2.37. The molecule has 2 aliphatic rings. The second kappa shape index (κ2) is 10.1. The molecule has 0 aromatic heterocycles. The summed E-state index contributed by atoms with van der Waals surface area (Å²) in [7, 11) is 1.68. The van der Waals surface area contributed by atoms with E-state index in [0.29, 0.717) is 13.2 Å². The third kappa shape index (κ3) is 5.72. The molecule has 0 saturated carbocycles. The monoisotopic (exact) mass is 379 g/mol. The maximum Gasteiger partial charge on any atom is 0.251 e. The normalized spacial score (nSPS) is 22.1. The molecule has 3 rings (SSSR count). The van der Waals surface area contributed by atoms with E-state index in [1.807, 2.05) is 17.0 Å². The summed E-state index contributed by atoms with van der Waals surface area (Å²) >= 11 is 0. The highest BCUT2D eigenvalue weighted by Gasteiger charge is 2.30. The molecule has 0 aliphatic carbocycles. The zero-order valence-electron chi connectivity index (χ0n) is 16.0. The lowest BCUT2D eigenvalue weighted by atomic mass is 10.1. The van der Waals surface area contributed by atoms with Crippen LogP contribution in [-0.4, -0.2) is 81.4 Å². The van der Waals surface area contributed by atoms with E-state index >= 15 is 0 Å². The number of benzene rings is 1. The molecule has 2 unspecified atom stereocenters. The van der Waals surface area contributed by atoms with Gasteiger partial charge in [-0.15, -0.1) is 0 Å². The third-order valence-electron chi connectivity index (χ3n) is 5.30. The Morgan fingerprint density at radius 1 is 1.30 bits per heavy atom.